The molecule has 23 heavy (non-hydrogen) atoms. The molecule has 7 heteroatoms. The molecule has 0 unspecified atom stereocenters. The minimum atomic E-state index is -4.20. The SMILES string of the molecule is C[C@H](C(=O)NCc1ccc(Cl)cc1)N1CCC[C@@H](C(F)(F)F)C1. The van der Waals surface area contributed by atoms with Gasteiger partial charge in [-0.05, 0) is 44.0 Å². The van der Waals surface area contributed by atoms with Crippen LogP contribution in [0, 0.1) is 5.92 Å². The summed E-state index contributed by atoms with van der Waals surface area (Å²) in [5, 5.41) is 3.38. The number of nitrogens with zero attached hydrogens (tertiary/aromatic N) is 1. The number of nitrogens with one attached hydrogen (secondary N) is 1. The van der Waals surface area contributed by atoms with E-state index >= 15 is 0 Å². The fourth-order valence-electron chi connectivity index (χ4n) is 2.73. The second-order valence-corrected chi connectivity index (χ2v) is 6.33. The number of likely N-dealkylation sites (tertiary alicyclic amines) is 1. The highest BCUT2D eigenvalue weighted by molar-refractivity contribution is 6.30. The van der Waals surface area contributed by atoms with E-state index in [2.05, 4.69) is 5.32 Å². The van der Waals surface area contributed by atoms with Crippen LogP contribution >= 0.6 is 11.6 Å². The molecule has 0 spiro atoms. The van der Waals surface area contributed by atoms with Crippen molar-refractivity contribution in [3.05, 3.63) is 34.9 Å². The normalized spacial score (nSPS) is 21.0. The first kappa shape index (κ1) is 18.1. The van der Waals surface area contributed by atoms with Gasteiger partial charge in [0.2, 0.25) is 5.91 Å². The van der Waals surface area contributed by atoms with E-state index in [1.165, 1.54) is 0 Å². The molecule has 2 rings (SSSR count). The number of amides is 1. The highest BCUT2D eigenvalue weighted by Crippen LogP contribution is 2.33. The van der Waals surface area contributed by atoms with E-state index < -0.39 is 18.1 Å². The van der Waals surface area contributed by atoms with Crippen molar-refractivity contribution in [2.75, 3.05) is 13.1 Å². The zero-order chi connectivity index (χ0) is 17.0. The fourth-order valence-corrected chi connectivity index (χ4v) is 2.86. The molecule has 0 aliphatic carbocycles. The Morgan fingerprint density at radius 3 is 2.65 bits per heavy atom. The molecule has 0 radical (unpaired) electrons. The molecule has 2 atom stereocenters. The summed E-state index contributed by atoms with van der Waals surface area (Å²) in [5.41, 5.74) is 0.891. The van der Waals surface area contributed by atoms with Gasteiger partial charge in [-0.3, -0.25) is 9.69 Å². The van der Waals surface area contributed by atoms with Crippen LogP contribution in [-0.4, -0.2) is 36.1 Å². The Balaban J connectivity index is 1.87. The third-order valence-corrected chi connectivity index (χ3v) is 4.47. The van der Waals surface area contributed by atoms with Crippen LogP contribution in [0.25, 0.3) is 0 Å². The van der Waals surface area contributed by atoms with Gasteiger partial charge in [-0.15, -0.1) is 0 Å². The van der Waals surface area contributed by atoms with Crippen molar-refractivity contribution in [3.63, 3.8) is 0 Å². The number of hydrogen-bond acceptors (Lipinski definition) is 2. The number of carbonyl (C=O) groups excluding carboxylic acids is 1. The second-order valence-electron chi connectivity index (χ2n) is 5.90. The summed E-state index contributed by atoms with van der Waals surface area (Å²) >= 11 is 5.79. The number of hydrogen-bond donors (Lipinski definition) is 1. The van der Waals surface area contributed by atoms with Gasteiger partial charge in [0.1, 0.15) is 0 Å². The Hall–Kier alpha value is -1.27. The van der Waals surface area contributed by atoms with Gasteiger partial charge in [0, 0.05) is 18.1 Å². The minimum absolute atomic E-state index is 0.112. The lowest BCUT2D eigenvalue weighted by Crippen LogP contribution is -2.51. The van der Waals surface area contributed by atoms with Crippen molar-refractivity contribution in [2.24, 2.45) is 5.92 Å². The maximum absolute atomic E-state index is 12.8. The first-order chi connectivity index (χ1) is 10.8. The molecule has 1 amide bonds. The average Bonchev–Trinajstić information content (AvgIpc) is 2.52. The van der Waals surface area contributed by atoms with Crippen LogP contribution in [0.3, 0.4) is 0 Å². The molecule has 1 aromatic rings. The summed E-state index contributed by atoms with van der Waals surface area (Å²) in [4.78, 5) is 13.8. The van der Waals surface area contributed by atoms with Gasteiger partial charge in [-0.2, -0.15) is 13.2 Å². The minimum Gasteiger partial charge on any atom is -0.351 e. The van der Waals surface area contributed by atoms with Gasteiger partial charge in [0.15, 0.2) is 0 Å². The number of halogens is 4. The summed E-state index contributed by atoms with van der Waals surface area (Å²) in [7, 11) is 0. The van der Waals surface area contributed by atoms with Crippen LogP contribution in [0.4, 0.5) is 13.2 Å². The fraction of sp³-hybridized carbons (Fsp3) is 0.562. The quantitative estimate of drug-likeness (QED) is 0.901. The molecule has 0 saturated carbocycles. The Bertz CT molecular complexity index is 533. The summed E-state index contributed by atoms with van der Waals surface area (Å²) in [5.74, 6) is -1.61. The molecule has 0 aromatic heterocycles. The Kier molecular flexibility index (Phi) is 5.92. The summed E-state index contributed by atoms with van der Waals surface area (Å²) in [6, 6.07) is 6.48. The van der Waals surface area contributed by atoms with E-state index in [1.807, 2.05) is 0 Å². The smallest absolute Gasteiger partial charge is 0.351 e. The van der Waals surface area contributed by atoms with Crippen LogP contribution in [0.15, 0.2) is 24.3 Å². The van der Waals surface area contributed by atoms with E-state index in [4.69, 9.17) is 11.6 Å². The first-order valence-electron chi connectivity index (χ1n) is 7.60. The highest BCUT2D eigenvalue weighted by Gasteiger charge is 2.43. The predicted molar refractivity (Wildman–Crippen MR) is 83.1 cm³/mol. The average molecular weight is 349 g/mol. The van der Waals surface area contributed by atoms with Crippen LogP contribution < -0.4 is 5.32 Å². The molecule has 1 saturated heterocycles. The topological polar surface area (TPSA) is 32.3 Å². The Morgan fingerprint density at radius 1 is 1.39 bits per heavy atom. The van der Waals surface area contributed by atoms with E-state index in [0.29, 0.717) is 24.5 Å². The van der Waals surface area contributed by atoms with E-state index in [0.717, 1.165) is 5.56 Å². The molecule has 1 aliphatic rings. The predicted octanol–water partition coefficient (Wildman–Crippen LogP) is 3.62. The van der Waals surface area contributed by atoms with E-state index in [1.54, 1.807) is 36.1 Å². The molecule has 3 nitrogen and oxygen atoms in total. The van der Waals surface area contributed by atoms with Gasteiger partial charge in [0.05, 0.1) is 12.0 Å². The monoisotopic (exact) mass is 348 g/mol. The summed E-state index contributed by atoms with van der Waals surface area (Å²) in [6.45, 7) is 2.38. The molecule has 1 fully saturated rings. The number of rotatable bonds is 4. The second kappa shape index (κ2) is 7.53. The Labute approximate surface area is 138 Å². The van der Waals surface area contributed by atoms with Crippen molar-refractivity contribution in [3.8, 4) is 0 Å². The molecule has 128 valence electrons. The first-order valence-corrected chi connectivity index (χ1v) is 7.98. The van der Waals surface area contributed by atoms with Gasteiger partial charge >= 0.3 is 6.18 Å². The highest BCUT2D eigenvalue weighted by atomic mass is 35.5. The lowest BCUT2D eigenvalue weighted by Gasteiger charge is -2.36. The third kappa shape index (κ3) is 5.11. The van der Waals surface area contributed by atoms with Crippen molar-refractivity contribution >= 4 is 17.5 Å². The number of alkyl halides is 3. The van der Waals surface area contributed by atoms with Gasteiger partial charge in [0.25, 0.3) is 0 Å². The van der Waals surface area contributed by atoms with Crippen molar-refractivity contribution in [2.45, 2.75) is 38.5 Å². The van der Waals surface area contributed by atoms with Crippen LogP contribution in [0.2, 0.25) is 5.02 Å². The van der Waals surface area contributed by atoms with Gasteiger partial charge in [-0.1, -0.05) is 23.7 Å². The molecule has 1 aliphatic heterocycles. The van der Waals surface area contributed by atoms with Gasteiger partial charge in [-0.25, -0.2) is 0 Å². The molecule has 1 N–H and O–H groups in total. The molecule has 1 aromatic carbocycles. The lowest BCUT2D eigenvalue weighted by atomic mass is 9.96. The van der Waals surface area contributed by atoms with Crippen LogP contribution in [-0.2, 0) is 11.3 Å². The molecular weight excluding hydrogens is 329 g/mol. The largest absolute Gasteiger partial charge is 0.393 e. The maximum Gasteiger partial charge on any atom is 0.393 e. The number of benzene rings is 1. The third-order valence-electron chi connectivity index (χ3n) is 4.22. The number of piperidine rings is 1. The van der Waals surface area contributed by atoms with Gasteiger partial charge < -0.3 is 5.32 Å². The summed E-state index contributed by atoms with van der Waals surface area (Å²) in [6.07, 6.45) is -3.60. The molecule has 0 bridgehead atoms. The van der Waals surface area contributed by atoms with Crippen LogP contribution in [0.5, 0.6) is 0 Å². The standard InChI is InChI=1S/C16H20ClF3N2O/c1-11(22-8-2-3-13(10-22)16(18,19)20)15(23)21-9-12-4-6-14(17)7-5-12/h4-7,11,13H,2-3,8-10H2,1H3,(H,21,23)/t11-,13-/m1/s1. The Morgan fingerprint density at radius 2 is 2.04 bits per heavy atom. The van der Waals surface area contributed by atoms with E-state index in [9.17, 15) is 18.0 Å². The molecular formula is C16H20ClF3N2O. The van der Waals surface area contributed by atoms with Crippen molar-refractivity contribution < 1.29 is 18.0 Å². The zero-order valence-corrected chi connectivity index (χ0v) is 13.6. The summed E-state index contributed by atoms with van der Waals surface area (Å²) < 4.78 is 38.5. The van der Waals surface area contributed by atoms with Crippen molar-refractivity contribution in [1.82, 2.24) is 10.2 Å². The van der Waals surface area contributed by atoms with Crippen LogP contribution in [0.1, 0.15) is 25.3 Å². The molecule has 1 heterocycles. The number of carbonyl (C=O) groups is 1. The maximum atomic E-state index is 12.8. The lowest BCUT2D eigenvalue weighted by molar-refractivity contribution is -0.188. The zero-order valence-electron chi connectivity index (χ0n) is 12.9. The van der Waals surface area contributed by atoms with E-state index in [-0.39, 0.29) is 18.9 Å². The van der Waals surface area contributed by atoms with Crippen molar-refractivity contribution in [1.29, 1.82) is 0 Å².